The number of carboxylic acid groups (broad SMARTS) is 1. The number of carbonyl (C=O) groups is 1. The van der Waals surface area contributed by atoms with Crippen molar-refractivity contribution < 1.29 is 22.7 Å². The fourth-order valence-corrected chi connectivity index (χ4v) is 3.53. The molecule has 7 heteroatoms. The highest BCUT2D eigenvalue weighted by atomic mass is 79.9. The zero-order valence-electron chi connectivity index (χ0n) is 9.54. The van der Waals surface area contributed by atoms with Crippen LogP contribution in [-0.4, -0.2) is 19.5 Å². The normalized spacial score (nSPS) is 11.4. The lowest BCUT2D eigenvalue weighted by molar-refractivity contribution is 0.0661. The second-order valence-electron chi connectivity index (χ2n) is 3.80. The molecule has 1 heterocycles. The van der Waals surface area contributed by atoms with Crippen LogP contribution in [0.1, 0.15) is 16.1 Å². The third kappa shape index (κ3) is 3.05. The smallest absolute Gasteiger partial charge is 0.372 e. The van der Waals surface area contributed by atoms with Gasteiger partial charge in [0.1, 0.15) is 0 Å². The molecule has 1 aromatic carbocycles. The number of hydrogen-bond acceptors (Lipinski definition) is 4. The molecule has 19 heavy (non-hydrogen) atoms. The first-order chi connectivity index (χ1) is 8.90. The van der Waals surface area contributed by atoms with Gasteiger partial charge in [-0.3, -0.25) is 0 Å². The highest BCUT2D eigenvalue weighted by Gasteiger charge is 2.22. The fourth-order valence-electron chi connectivity index (χ4n) is 1.59. The number of carboxylic acids is 1. The molecule has 100 valence electrons. The number of sulfone groups is 1. The first-order valence-corrected chi connectivity index (χ1v) is 7.62. The maximum atomic E-state index is 12.2. The zero-order chi connectivity index (χ0) is 14.0. The second-order valence-corrected chi connectivity index (χ2v) is 6.70. The molecule has 0 atom stereocenters. The molecule has 0 bridgehead atoms. The third-order valence-corrected chi connectivity index (χ3v) is 4.60. The fraction of sp³-hybridized carbons (Fsp3) is 0.0833. The van der Waals surface area contributed by atoms with E-state index in [0.717, 1.165) is 6.26 Å². The van der Waals surface area contributed by atoms with Crippen LogP contribution in [0.4, 0.5) is 0 Å². The zero-order valence-corrected chi connectivity index (χ0v) is 11.9. The second kappa shape index (κ2) is 5.18. The van der Waals surface area contributed by atoms with Crippen LogP contribution in [0.25, 0.3) is 0 Å². The maximum absolute atomic E-state index is 12.2. The Kier molecular flexibility index (Phi) is 3.77. The van der Waals surface area contributed by atoms with E-state index >= 15 is 0 Å². The van der Waals surface area contributed by atoms with E-state index in [4.69, 9.17) is 9.52 Å². The summed E-state index contributed by atoms with van der Waals surface area (Å²) in [6, 6.07) is 7.58. The molecule has 0 radical (unpaired) electrons. The molecule has 0 saturated carbocycles. The van der Waals surface area contributed by atoms with E-state index in [1.54, 1.807) is 12.1 Å². The van der Waals surface area contributed by atoms with Crippen LogP contribution in [0.15, 0.2) is 50.4 Å². The van der Waals surface area contributed by atoms with Gasteiger partial charge in [-0.25, -0.2) is 13.2 Å². The van der Waals surface area contributed by atoms with Crippen LogP contribution in [0.3, 0.4) is 0 Å². The van der Waals surface area contributed by atoms with Crippen molar-refractivity contribution in [3.8, 4) is 0 Å². The van der Waals surface area contributed by atoms with E-state index in [9.17, 15) is 13.2 Å². The largest absolute Gasteiger partial charge is 0.475 e. The summed E-state index contributed by atoms with van der Waals surface area (Å²) >= 11 is 3.19. The van der Waals surface area contributed by atoms with Crippen molar-refractivity contribution in [1.29, 1.82) is 0 Å². The molecule has 0 aliphatic carbocycles. The molecule has 0 saturated heterocycles. The Morgan fingerprint density at radius 2 is 2.05 bits per heavy atom. The highest BCUT2D eigenvalue weighted by molar-refractivity contribution is 9.10. The Bertz CT molecular complexity index is 717. The highest BCUT2D eigenvalue weighted by Crippen LogP contribution is 2.22. The Morgan fingerprint density at radius 3 is 2.68 bits per heavy atom. The van der Waals surface area contributed by atoms with Crippen molar-refractivity contribution in [1.82, 2.24) is 0 Å². The molecule has 0 unspecified atom stereocenters. The lowest BCUT2D eigenvalue weighted by Crippen LogP contribution is -2.08. The van der Waals surface area contributed by atoms with Gasteiger partial charge in [-0.1, -0.05) is 22.0 Å². The summed E-state index contributed by atoms with van der Waals surface area (Å²) in [5.74, 6) is -2.05. The van der Waals surface area contributed by atoms with Crippen LogP contribution >= 0.6 is 15.9 Å². The van der Waals surface area contributed by atoms with E-state index in [0.29, 0.717) is 4.47 Å². The number of benzene rings is 1. The molecular formula is C12H9BrO5S. The van der Waals surface area contributed by atoms with Gasteiger partial charge in [0.25, 0.3) is 0 Å². The van der Waals surface area contributed by atoms with Crippen LogP contribution in [0, 0.1) is 0 Å². The molecule has 5 nitrogen and oxygen atoms in total. The summed E-state index contributed by atoms with van der Waals surface area (Å²) in [6.45, 7) is 0. The SMILES string of the molecule is O=C(O)c1occc1CS(=O)(=O)c1cccc(Br)c1. The van der Waals surface area contributed by atoms with Crippen LogP contribution in [0.5, 0.6) is 0 Å². The number of hydrogen-bond donors (Lipinski definition) is 1. The predicted octanol–water partition coefficient (Wildman–Crippen LogP) is 2.71. The Morgan fingerprint density at radius 1 is 1.32 bits per heavy atom. The van der Waals surface area contributed by atoms with Crippen molar-refractivity contribution in [3.05, 3.63) is 52.4 Å². The van der Waals surface area contributed by atoms with Crippen LogP contribution in [-0.2, 0) is 15.6 Å². The topological polar surface area (TPSA) is 84.6 Å². The van der Waals surface area contributed by atoms with Crippen molar-refractivity contribution in [3.63, 3.8) is 0 Å². The average molecular weight is 345 g/mol. The third-order valence-electron chi connectivity index (χ3n) is 2.44. The number of halogens is 1. The van der Waals surface area contributed by atoms with Gasteiger partial charge in [-0.15, -0.1) is 0 Å². The summed E-state index contributed by atoms with van der Waals surface area (Å²) < 4.78 is 29.7. The number of furan rings is 1. The van der Waals surface area contributed by atoms with Crippen LogP contribution in [0.2, 0.25) is 0 Å². The number of aromatic carboxylic acids is 1. The summed E-state index contributed by atoms with van der Waals surface area (Å²) in [7, 11) is -3.62. The minimum Gasteiger partial charge on any atom is -0.475 e. The van der Waals surface area contributed by atoms with Gasteiger partial charge in [0.05, 0.1) is 16.9 Å². The minimum absolute atomic E-state index is 0.124. The van der Waals surface area contributed by atoms with Gasteiger partial charge in [-0.05, 0) is 24.3 Å². The Hall–Kier alpha value is -1.60. The molecule has 0 aliphatic heterocycles. The molecule has 1 aromatic heterocycles. The van der Waals surface area contributed by atoms with E-state index in [2.05, 4.69) is 15.9 Å². The van der Waals surface area contributed by atoms with E-state index in [1.165, 1.54) is 18.2 Å². The molecule has 1 N–H and O–H groups in total. The summed E-state index contributed by atoms with van der Waals surface area (Å²) in [4.78, 5) is 11.0. The molecule has 2 rings (SSSR count). The maximum Gasteiger partial charge on any atom is 0.372 e. The molecule has 0 aliphatic rings. The van der Waals surface area contributed by atoms with Gasteiger partial charge in [0.2, 0.25) is 5.76 Å². The van der Waals surface area contributed by atoms with Crippen molar-refractivity contribution in [2.24, 2.45) is 0 Å². The van der Waals surface area contributed by atoms with E-state index in [-0.39, 0.29) is 16.2 Å². The summed E-state index contributed by atoms with van der Waals surface area (Å²) in [6.07, 6.45) is 1.16. The lowest BCUT2D eigenvalue weighted by atomic mass is 10.3. The number of rotatable bonds is 4. The van der Waals surface area contributed by atoms with Gasteiger partial charge in [-0.2, -0.15) is 0 Å². The van der Waals surface area contributed by atoms with E-state index in [1.807, 2.05) is 0 Å². The average Bonchev–Trinajstić information content (AvgIpc) is 2.76. The summed E-state index contributed by atoms with van der Waals surface area (Å²) in [5.41, 5.74) is 0.132. The van der Waals surface area contributed by atoms with Crippen molar-refractivity contribution >= 4 is 31.7 Å². The van der Waals surface area contributed by atoms with Crippen molar-refractivity contribution in [2.75, 3.05) is 0 Å². The van der Waals surface area contributed by atoms with Crippen LogP contribution < -0.4 is 0 Å². The van der Waals surface area contributed by atoms with Crippen molar-refractivity contribution in [2.45, 2.75) is 10.6 Å². The Labute approximate surface area is 117 Å². The lowest BCUT2D eigenvalue weighted by Gasteiger charge is -2.04. The first-order valence-electron chi connectivity index (χ1n) is 5.18. The monoisotopic (exact) mass is 344 g/mol. The van der Waals surface area contributed by atoms with Gasteiger partial charge in [0, 0.05) is 10.0 Å². The van der Waals surface area contributed by atoms with Gasteiger partial charge < -0.3 is 9.52 Å². The van der Waals surface area contributed by atoms with Gasteiger partial charge in [0.15, 0.2) is 9.84 Å². The molecule has 0 amide bonds. The standard InChI is InChI=1S/C12H9BrO5S/c13-9-2-1-3-10(6-9)19(16,17)7-8-4-5-18-11(8)12(14)15/h1-6H,7H2,(H,14,15). The quantitative estimate of drug-likeness (QED) is 0.921. The molecule has 0 fully saturated rings. The molecular weight excluding hydrogens is 336 g/mol. The minimum atomic E-state index is -3.62. The first kappa shape index (κ1) is 13.8. The summed E-state index contributed by atoms with van der Waals surface area (Å²) in [5, 5.41) is 8.87. The predicted molar refractivity (Wildman–Crippen MR) is 70.7 cm³/mol. The van der Waals surface area contributed by atoms with Gasteiger partial charge >= 0.3 is 5.97 Å². The van der Waals surface area contributed by atoms with E-state index < -0.39 is 21.6 Å². The molecule has 2 aromatic rings. The Balaban J connectivity index is 2.37. The molecule has 0 spiro atoms.